The first-order valence-electron chi connectivity index (χ1n) is 11.2. The monoisotopic (exact) mass is 387 g/mol. The summed E-state index contributed by atoms with van der Waals surface area (Å²) in [5.41, 5.74) is 6.94. The summed E-state index contributed by atoms with van der Waals surface area (Å²) in [5, 5.41) is 0. The van der Waals surface area contributed by atoms with Crippen LogP contribution in [0.4, 0.5) is 0 Å². The van der Waals surface area contributed by atoms with E-state index in [2.05, 4.69) is 23.1 Å². The van der Waals surface area contributed by atoms with Crippen molar-refractivity contribution in [3.8, 4) is 5.75 Å². The predicted octanol–water partition coefficient (Wildman–Crippen LogP) is 3.21. The first kappa shape index (κ1) is 21.1. The number of nitrogens with zero attached hydrogens (tertiary/aromatic N) is 2. The number of benzene rings is 1. The van der Waals surface area contributed by atoms with Crippen LogP contribution in [0.3, 0.4) is 0 Å². The van der Waals surface area contributed by atoms with Crippen molar-refractivity contribution >= 4 is 5.91 Å². The SMILES string of the molecule is NCCCC(=O)N1CCCCN2CCCCC2CCc2cccc(c2)OCC1. The number of amides is 1. The molecule has 5 nitrogen and oxygen atoms in total. The van der Waals surface area contributed by atoms with E-state index in [0.717, 1.165) is 44.5 Å². The van der Waals surface area contributed by atoms with Gasteiger partial charge in [0, 0.05) is 19.0 Å². The molecule has 2 aliphatic rings. The van der Waals surface area contributed by atoms with Gasteiger partial charge in [-0.15, -0.1) is 0 Å². The standard InChI is InChI=1S/C23H37N3O2/c24-13-6-10-23(27)26-16-4-3-15-25-14-2-1-8-21(25)12-11-20-7-5-9-22(19-20)28-18-17-26/h5,7,9,19,21H,1-4,6,8,10-18,24H2. The summed E-state index contributed by atoms with van der Waals surface area (Å²) in [6.07, 6.45) is 9.86. The maximum absolute atomic E-state index is 12.6. The lowest BCUT2D eigenvalue weighted by molar-refractivity contribution is -0.131. The van der Waals surface area contributed by atoms with Crippen molar-refractivity contribution in [3.05, 3.63) is 29.8 Å². The number of ether oxygens (including phenoxy) is 1. The van der Waals surface area contributed by atoms with Crippen LogP contribution >= 0.6 is 0 Å². The molecule has 2 heterocycles. The smallest absolute Gasteiger partial charge is 0.222 e. The van der Waals surface area contributed by atoms with E-state index >= 15 is 0 Å². The number of fused-ring (bicyclic) bond motifs is 3. The third kappa shape index (κ3) is 6.49. The molecule has 1 aromatic carbocycles. The van der Waals surface area contributed by atoms with Crippen LogP contribution in [0.5, 0.6) is 5.75 Å². The molecule has 28 heavy (non-hydrogen) atoms. The quantitative estimate of drug-likeness (QED) is 0.865. The van der Waals surface area contributed by atoms with Gasteiger partial charge in [-0.2, -0.15) is 0 Å². The minimum Gasteiger partial charge on any atom is -0.492 e. The molecule has 1 unspecified atom stereocenters. The van der Waals surface area contributed by atoms with Crippen molar-refractivity contribution < 1.29 is 9.53 Å². The van der Waals surface area contributed by atoms with Gasteiger partial charge in [0.15, 0.2) is 0 Å². The van der Waals surface area contributed by atoms with Crippen LogP contribution in [0.15, 0.2) is 24.3 Å². The van der Waals surface area contributed by atoms with Gasteiger partial charge in [-0.3, -0.25) is 4.79 Å². The number of piperidine rings is 1. The third-order valence-corrected chi connectivity index (χ3v) is 6.11. The van der Waals surface area contributed by atoms with Gasteiger partial charge in [0.1, 0.15) is 12.4 Å². The van der Waals surface area contributed by atoms with Crippen LogP contribution in [0.1, 0.15) is 56.9 Å². The molecule has 0 aromatic heterocycles. The van der Waals surface area contributed by atoms with E-state index in [4.69, 9.17) is 10.5 Å². The number of rotatable bonds is 3. The largest absolute Gasteiger partial charge is 0.492 e. The molecule has 3 rings (SSSR count). The van der Waals surface area contributed by atoms with Crippen LogP contribution in [-0.4, -0.2) is 61.1 Å². The summed E-state index contributed by atoms with van der Waals surface area (Å²) in [7, 11) is 0. The minimum atomic E-state index is 0.211. The topological polar surface area (TPSA) is 58.8 Å². The highest BCUT2D eigenvalue weighted by Crippen LogP contribution is 2.23. The summed E-state index contributed by atoms with van der Waals surface area (Å²) < 4.78 is 5.98. The highest BCUT2D eigenvalue weighted by atomic mass is 16.5. The highest BCUT2D eigenvalue weighted by molar-refractivity contribution is 5.76. The number of hydrogen-bond acceptors (Lipinski definition) is 4. The number of carbonyl (C=O) groups is 1. The Morgan fingerprint density at radius 3 is 2.75 bits per heavy atom. The van der Waals surface area contributed by atoms with Crippen LogP contribution in [-0.2, 0) is 11.2 Å². The van der Waals surface area contributed by atoms with Crippen molar-refractivity contribution in [1.29, 1.82) is 0 Å². The lowest BCUT2D eigenvalue weighted by atomic mass is 9.95. The number of aryl methyl sites for hydroxylation is 1. The second-order valence-electron chi connectivity index (χ2n) is 8.20. The Morgan fingerprint density at radius 2 is 1.89 bits per heavy atom. The predicted molar refractivity (Wildman–Crippen MR) is 114 cm³/mol. The summed E-state index contributed by atoms with van der Waals surface area (Å²) in [6, 6.07) is 9.19. The first-order valence-corrected chi connectivity index (χ1v) is 11.2. The summed E-state index contributed by atoms with van der Waals surface area (Å²) in [6.45, 7) is 4.98. The van der Waals surface area contributed by atoms with Gasteiger partial charge >= 0.3 is 0 Å². The van der Waals surface area contributed by atoms with E-state index in [1.165, 1.54) is 37.8 Å². The second-order valence-corrected chi connectivity index (χ2v) is 8.20. The molecular weight excluding hydrogens is 350 g/mol. The van der Waals surface area contributed by atoms with Crippen LogP contribution < -0.4 is 10.5 Å². The number of hydrogen-bond donors (Lipinski definition) is 1. The van der Waals surface area contributed by atoms with Gasteiger partial charge in [0.25, 0.3) is 0 Å². The van der Waals surface area contributed by atoms with E-state index in [9.17, 15) is 4.79 Å². The first-order chi connectivity index (χ1) is 13.8. The van der Waals surface area contributed by atoms with Crippen molar-refractivity contribution in [2.24, 2.45) is 5.73 Å². The fraction of sp³-hybridized carbons (Fsp3) is 0.696. The zero-order valence-corrected chi connectivity index (χ0v) is 17.3. The summed E-state index contributed by atoms with van der Waals surface area (Å²) in [4.78, 5) is 17.2. The third-order valence-electron chi connectivity index (χ3n) is 6.11. The lowest BCUT2D eigenvalue weighted by Gasteiger charge is -2.36. The van der Waals surface area contributed by atoms with Gasteiger partial charge < -0.3 is 20.3 Å². The van der Waals surface area contributed by atoms with Gasteiger partial charge in [-0.1, -0.05) is 18.6 Å². The summed E-state index contributed by atoms with van der Waals surface area (Å²) >= 11 is 0. The van der Waals surface area contributed by atoms with Crippen molar-refractivity contribution in [2.75, 3.05) is 39.3 Å². The number of nitrogens with two attached hydrogens (primary N) is 1. The Balaban J connectivity index is 1.67. The zero-order valence-electron chi connectivity index (χ0n) is 17.3. The fourth-order valence-electron chi connectivity index (χ4n) is 4.47. The average molecular weight is 388 g/mol. The molecule has 1 aromatic rings. The Bertz CT molecular complexity index is 607. The molecule has 5 heteroatoms. The van der Waals surface area contributed by atoms with Crippen LogP contribution in [0, 0.1) is 0 Å². The van der Waals surface area contributed by atoms with E-state index < -0.39 is 0 Å². The van der Waals surface area contributed by atoms with E-state index in [-0.39, 0.29) is 5.91 Å². The van der Waals surface area contributed by atoms with E-state index in [1.807, 2.05) is 11.0 Å². The molecule has 2 bridgehead atoms. The van der Waals surface area contributed by atoms with Gasteiger partial charge in [-0.25, -0.2) is 0 Å². The van der Waals surface area contributed by atoms with Crippen LogP contribution in [0.2, 0.25) is 0 Å². The molecular formula is C23H37N3O2. The molecule has 2 aliphatic heterocycles. The molecule has 0 radical (unpaired) electrons. The maximum atomic E-state index is 12.6. The molecule has 1 saturated heterocycles. The van der Waals surface area contributed by atoms with E-state index in [1.54, 1.807) is 0 Å². The Labute approximate surface area is 170 Å². The van der Waals surface area contributed by atoms with Gasteiger partial charge in [0.2, 0.25) is 5.91 Å². The molecule has 0 spiro atoms. The Hall–Kier alpha value is -1.59. The second kappa shape index (κ2) is 11.4. The molecule has 0 saturated carbocycles. The Morgan fingerprint density at radius 1 is 1.07 bits per heavy atom. The zero-order chi connectivity index (χ0) is 19.6. The molecule has 1 atom stereocenters. The van der Waals surface area contributed by atoms with E-state index in [0.29, 0.717) is 32.2 Å². The minimum absolute atomic E-state index is 0.211. The molecule has 1 fully saturated rings. The Kier molecular flexibility index (Phi) is 8.62. The fourth-order valence-corrected chi connectivity index (χ4v) is 4.47. The normalized spacial score (nSPS) is 22.5. The maximum Gasteiger partial charge on any atom is 0.222 e. The lowest BCUT2D eigenvalue weighted by Crippen LogP contribution is -2.40. The molecule has 156 valence electrons. The molecule has 0 aliphatic carbocycles. The van der Waals surface area contributed by atoms with Crippen LogP contribution in [0.25, 0.3) is 0 Å². The van der Waals surface area contributed by atoms with Gasteiger partial charge in [-0.05, 0) is 82.3 Å². The summed E-state index contributed by atoms with van der Waals surface area (Å²) in [5.74, 6) is 1.13. The number of carbonyl (C=O) groups excluding carboxylic acids is 1. The molecule has 2 N–H and O–H groups in total. The van der Waals surface area contributed by atoms with Crippen molar-refractivity contribution in [2.45, 2.75) is 63.8 Å². The average Bonchev–Trinajstić information content (AvgIpc) is 2.73. The van der Waals surface area contributed by atoms with Crippen molar-refractivity contribution in [1.82, 2.24) is 9.80 Å². The highest BCUT2D eigenvalue weighted by Gasteiger charge is 2.22. The molecule has 1 amide bonds. The van der Waals surface area contributed by atoms with Crippen molar-refractivity contribution in [3.63, 3.8) is 0 Å². The van der Waals surface area contributed by atoms with Gasteiger partial charge in [0.05, 0.1) is 6.54 Å².